The second-order valence-electron chi connectivity index (χ2n) is 5.71. The number of nitrogens with zero attached hydrogens (tertiary/aromatic N) is 2. The average molecular weight is 309 g/mol. The van der Waals surface area contributed by atoms with Gasteiger partial charge in [-0.25, -0.2) is 4.39 Å². The van der Waals surface area contributed by atoms with E-state index in [2.05, 4.69) is 0 Å². The zero-order valence-corrected chi connectivity index (χ0v) is 12.5. The van der Waals surface area contributed by atoms with Crippen molar-refractivity contribution in [3.63, 3.8) is 0 Å². The quantitative estimate of drug-likeness (QED) is 0.944. The number of carbonyl (C=O) groups is 1. The Morgan fingerprint density at radius 3 is 2.74 bits per heavy atom. The molecule has 1 heterocycles. The van der Waals surface area contributed by atoms with Crippen LogP contribution in [0.2, 0.25) is 0 Å². The minimum absolute atomic E-state index is 0.239. The number of rotatable bonds is 3. The monoisotopic (exact) mass is 309 g/mol. The number of primary amides is 1. The predicted molar refractivity (Wildman–Crippen MR) is 83.5 cm³/mol. The van der Waals surface area contributed by atoms with E-state index in [-0.39, 0.29) is 12.4 Å². The highest BCUT2D eigenvalue weighted by atomic mass is 19.1. The number of nitrogens with two attached hydrogens (primary N) is 1. The summed E-state index contributed by atoms with van der Waals surface area (Å²) in [5.74, 6) is -0.803. The lowest BCUT2D eigenvalue weighted by Crippen LogP contribution is -2.48. The molecule has 5 heteroatoms. The topological polar surface area (TPSA) is 70.1 Å². The SMILES string of the molecule is N#Cc1ccc(F)c(CN2Cc3ccccc3C[C@H]2C(N)=O)c1. The Morgan fingerprint density at radius 2 is 2.04 bits per heavy atom. The van der Waals surface area contributed by atoms with Gasteiger partial charge >= 0.3 is 0 Å². The fourth-order valence-electron chi connectivity index (χ4n) is 3.01. The van der Waals surface area contributed by atoms with Crippen LogP contribution in [0.25, 0.3) is 0 Å². The molecule has 1 aliphatic rings. The normalized spacial score (nSPS) is 17.3. The van der Waals surface area contributed by atoms with Gasteiger partial charge in [-0.05, 0) is 35.7 Å². The highest BCUT2D eigenvalue weighted by Gasteiger charge is 2.30. The van der Waals surface area contributed by atoms with Crippen LogP contribution >= 0.6 is 0 Å². The molecule has 2 aromatic rings. The summed E-state index contributed by atoms with van der Waals surface area (Å²) < 4.78 is 14.0. The Hall–Kier alpha value is -2.71. The molecule has 0 aliphatic carbocycles. The van der Waals surface area contributed by atoms with E-state index in [9.17, 15) is 9.18 Å². The zero-order chi connectivity index (χ0) is 16.4. The van der Waals surface area contributed by atoms with Gasteiger partial charge in [0.1, 0.15) is 5.82 Å². The molecule has 0 saturated carbocycles. The van der Waals surface area contributed by atoms with E-state index in [1.165, 1.54) is 18.2 Å². The van der Waals surface area contributed by atoms with Crippen molar-refractivity contribution in [2.75, 3.05) is 0 Å². The first-order valence-corrected chi connectivity index (χ1v) is 7.37. The van der Waals surface area contributed by atoms with Crippen molar-refractivity contribution < 1.29 is 9.18 Å². The van der Waals surface area contributed by atoms with Crippen LogP contribution < -0.4 is 5.73 Å². The summed E-state index contributed by atoms with van der Waals surface area (Å²) in [6.45, 7) is 0.767. The molecule has 0 fully saturated rings. The molecule has 1 atom stereocenters. The largest absolute Gasteiger partial charge is 0.368 e. The summed E-state index contributed by atoms with van der Waals surface area (Å²) in [6, 6.07) is 13.6. The van der Waals surface area contributed by atoms with Crippen molar-refractivity contribution in [1.29, 1.82) is 5.26 Å². The lowest BCUT2D eigenvalue weighted by atomic mass is 9.93. The Morgan fingerprint density at radius 1 is 1.30 bits per heavy atom. The molecule has 0 spiro atoms. The summed E-state index contributed by atoms with van der Waals surface area (Å²) in [7, 11) is 0. The first-order valence-electron chi connectivity index (χ1n) is 7.37. The van der Waals surface area contributed by atoms with E-state index >= 15 is 0 Å². The number of hydrogen-bond acceptors (Lipinski definition) is 3. The molecule has 3 rings (SSSR count). The van der Waals surface area contributed by atoms with Crippen molar-refractivity contribution in [2.45, 2.75) is 25.6 Å². The summed E-state index contributed by atoms with van der Waals surface area (Å²) in [4.78, 5) is 13.7. The van der Waals surface area contributed by atoms with Gasteiger partial charge in [-0.2, -0.15) is 5.26 Å². The first-order chi connectivity index (χ1) is 11.1. The second-order valence-corrected chi connectivity index (χ2v) is 5.71. The molecular formula is C18H16FN3O. The molecule has 0 bridgehead atoms. The van der Waals surface area contributed by atoms with Crippen molar-refractivity contribution in [3.05, 3.63) is 70.5 Å². The van der Waals surface area contributed by atoms with Crippen LogP contribution in [-0.2, 0) is 24.3 Å². The molecule has 0 saturated heterocycles. The van der Waals surface area contributed by atoms with Gasteiger partial charge in [0, 0.05) is 18.7 Å². The molecule has 4 nitrogen and oxygen atoms in total. The standard InChI is InChI=1S/C18H16FN3O/c19-16-6-5-12(9-20)7-15(16)11-22-10-14-4-2-1-3-13(14)8-17(22)18(21)23/h1-7,17H,8,10-11H2,(H2,21,23)/t17-/m0/s1. The Bertz CT molecular complexity index is 797. The molecule has 0 radical (unpaired) electrons. The van der Waals surface area contributed by atoms with E-state index in [4.69, 9.17) is 11.0 Å². The van der Waals surface area contributed by atoms with E-state index in [1.807, 2.05) is 35.2 Å². The van der Waals surface area contributed by atoms with Crippen LogP contribution in [0.4, 0.5) is 4.39 Å². The van der Waals surface area contributed by atoms with Crippen LogP contribution in [0.15, 0.2) is 42.5 Å². The molecular weight excluding hydrogens is 293 g/mol. The Kier molecular flexibility index (Phi) is 4.09. The predicted octanol–water partition coefficient (Wildman–Crippen LogP) is 2.11. The maximum atomic E-state index is 14.0. The van der Waals surface area contributed by atoms with Gasteiger partial charge < -0.3 is 5.73 Å². The highest BCUT2D eigenvalue weighted by molar-refractivity contribution is 5.80. The van der Waals surface area contributed by atoms with Gasteiger partial charge in [0.05, 0.1) is 17.7 Å². The summed E-state index contributed by atoms with van der Waals surface area (Å²) in [6.07, 6.45) is 0.519. The summed E-state index contributed by atoms with van der Waals surface area (Å²) >= 11 is 0. The molecule has 0 aromatic heterocycles. The second kappa shape index (κ2) is 6.19. The van der Waals surface area contributed by atoms with Gasteiger partial charge in [-0.1, -0.05) is 24.3 Å². The van der Waals surface area contributed by atoms with E-state index in [1.54, 1.807) is 0 Å². The Balaban J connectivity index is 1.92. The molecule has 1 aliphatic heterocycles. The number of benzene rings is 2. The lowest BCUT2D eigenvalue weighted by molar-refractivity contribution is -0.124. The number of fused-ring (bicyclic) bond motifs is 1. The van der Waals surface area contributed by atoms with Crippen LogP contribution in [-0.4, -0.2) is 16.8 Å². The number of hydrogen-bond donors (Lipinski definition) is 1. The van der Waals surface area contributed by atoms with E-state index in [0.717, 1.165) is 11.1 Å². The summed E-state index contributed by atoms with van der Waals surface area (Å²) in [5, 5.41) is 8.97. The smallest absolute Gasteiger partial charge is 0.235 e. The number of carbonyl (C=O) groups excluding carboxylic acids is 1. The van der Waals surface area contributed by atoms with Gasteiger partial charge in [0.15, 0.2) is 0 Å². The van der Waals surface area contributed by atoms with Crippen molar-refractivity contribution >= 4 is 5.91 Å². The fourth-order valence-corrected chi connectivity index (χ4v) is 3.01. The number of nitriles is 1. The highest BCUT2D eigenvalue weighted by Crippen LogP contribution is 2.25. The minimum Gasteiger partial charge on any atom is -0.368 e. The molecule has 116 valence electrons. The lowest BCUT2D eigenvalue weighted by Gasteiger charge is -2.35. The third-order valence-electron chi connectivity index (χ3n) is 4.22. The molecule has 23 heavy (non-hydrogen) atoms. The van der Waals surface area contributed by atoms with Crippen molar-refractivity contribution in [3.8, 4) is 6.07 Å². The van der Waals surface area contributed by atoms with Crippen molar-refractivity contribution in [2.24, 2.45) is 5.73 Å². The van der Waals surface area contributed by atoms with E-state index < -0.39 is 11.9 Å². The molecule has 2 N–H and O–H groups in total. The maximum Gasteiger partial charge on any atom is 0.235 e. The first kappa shape index (κ1) is 15.2. The van der Waals surface area contributed by atoms with Crippen molar-refractivity contribution in [1.82, 2.24) is 4.90 Å². The summed E-state index contributed by atoms with van der Waals surface area (Å²) in [5.41, 5.74) is 8.54. The maximum absolute atomic E-state index is 14.0. The third-order valence-corrected chi connectivity index (χ3v) is 4.22. The van der Waals surface area contributed by atoms with Crippen LogP contribution in [0.3, 0.4) is 0 Å². The Labute approximate surface area is 133 Å². The number of amides is 1. The molecule has 2 aromatic carbocycles. The van der Waals surface area contributed by atoms with Gasteiger partial charge in [0.25, 0.3) is 0 Å². The van der Waals surface area contributed by atoms with Crippen LogP contribution in [0, 0.1) is 17.1 Å². The van der Waals surface area contributed by atoms with E-state index in [0.29, 0.717) is 24.1 Å². The molecule has 0 unspecified atom stereocenters. The average Bonchev–Trinajstić information content (AvgIpc) is 2.56. The minimum atomic E-state index is -0.477. The number of halogens is 1. The van der Waals surface area contributed by atoms with Gasteiger partial charge in [-0.15, -0.1) is 0 Å². The molecule has 1 amide bonds. The van der Waals surface area contributed by atoms with Crippen LogP contribution in [0.5, 0.6) is 0 Å². The van der Waals surface area contributed by atoms with Crippen LogP contribution in [0.1, 0.15) is 22.3 Å². The fraction of sp³-hybridized carbons (Fsp3) is 0.222. The van der Waals surface area contributed by atoms with Gasteiger partial charge in [-0.3, -0.25) is 9.69 Å². The zero-order valence-electron chi connectivity index (χ0n) is 12.5. The third kappa shape index (κ3) is 3.08. The van der Waals surface area contributed by atoms with Gasteiger partial charge in [0.2, 0.25) is 5.91 Å².